The van der Waals surface area contributed by atoms with Crippen molar-refractivity contribution in [1.29, 1.82) is 0 Å². The SMILES string of the molecule is CC1(C)OC(=O)C(=Cc2cc([N+](=O)[O-])ccc2N2CCC(C(N)=O)CC2)C(=O)O1. The van der Waals surface area contributed by atoms with Gasteiger partial charge in [0.1, 0.15) is 5.57 Å². The van der Waals surface area contributed by atoms with E-state index in [0.29, 0.717) is 37.2 Å². The number of non-ortho nitro benzene ring substituents is 1. The molecule has 29 heavy (non-hydrogen) atoms. The maximum Gasteiger partial charge on any atom is 0.348 e. The summed E-state index contributed by atoms with van der Waals surface area (Å²) in [7, 11) is 0. The number of anilines is 1. The predicted molar refractivity (Wildman–Crippen MR) is 101 cm³/mol. The minimum absolute atomic E-state index is 0.189. The smallest absolute Gasteiger partial charge is 0.348 e. The van der Waals surface area contributed by atoms with E-state index in [4.69, 9.17) is 15.2 Å². The second-order valence-corrected chi connectivity index (χ2v) is 7.40. The van der Waals surface area contributed by atoms with Gasteiger partial charge in [-0.15, -0.1) is 0 Å². The number of esters is 2. The molecule has 154 valence electrons. The molecule has 2 N–H and O–H groups in total. The minimum atomic E-state index is -1.38. The zero-order valence-corrected chi connectivity index (χ0v) is 16.0. The Labute approximate surface area is 166 Å². The molecule has 2 heterocycles. The van der Waals surface area contributed by atoms with Crippen LogP contribution >= 0.6 is 0 Å². The molecule has 1 aromatic carbocycles. The average molecular weight is 403 g/mol. The topological polar surface area (TPSA) is 142 Å². The van der Waals surface area contributed by atoms with Gasteiger partial charge in [-0.3, -0.25) is 14.9 Å². The van der Waals surface area contributed by atoms with Crippen LogP contribution in [0.2, 0.25) is 0 Å². The van der Waals surface area contributed by atoms with Gasteiger partial charge in [-0.05, 0) is 25.0 Å². The van der Waals surface area contributed by atoms with E-state index in [1.165, 1.54) is 32.1 Å². The van der Waals surface area contributed by atoms with Crippen LogP contribution in [0, 0.1) is 16.0 Å². The second kappa shape index (κ2) is 7.53. The standard InChI is InChI=1S/C19H21N3O7/c1-19(2)28-17(24)14(18(25)29-19)10-12-9-13(22(26)27)3-4-15(12)21-7-5-11(6-8-21)16(20)23/h3-4,9-11H,5-8H2,1-2H3,(H2,20,23). The number of ether oxygens (including phenoxy) is 2. The first-order valence-electron chi connectivity index (χ1n) is 9.08. The molecule has 1 amide bonds. The first-order chi connectivity index (χ1) is 13.6. The van der Waals surface area contributed by atoms with Crippen molar-refractivity contribution in [3.63, 3.8) is 0 Å². The van der Waals surface area contributed by atoms with Crippen molar-refractivity contribution in [1.82, 2.24) is 0 Å². The van der Waals surface area contributed by atoms with E-state index >= 15 is 0 Å². The van der Waals surface area contributed by atoms with Crippen molar-refractivity contribution >= 4 is 35.3 Å². The Morgan fingerprint density at radius 1 is 1.24 bits per heavy atom. The number of nitro benzene ring substituents is 1. The molecular weight excluding hydrogens is 382 g/mol. The second-order valence-electron chi connectivity index (χ2n) is 7.40. The summed E-state index contributed by atoms with van der Waals surface area (Å²) in [6, 6.07) is 4.18. The fourth-order valence-corrected chi connectivity index (χ4v) is 3.40. The molecule has 0 unspecified atom stereocenters. The monoisotopic (exact) mass is 403 g/mol. The Hall–Kier alpha value is -3.43. The fraction of sp³-hybridized carbons (Fsp3) is 0.421. The highest BCUT2D eigenvalue weighted by Gasteiger charge is 2.39. The van der Waals surface area contributed by atoms with Crippen LogP contribution in [0.3, 0.4) is 0 Å². The summed E-state index contributed by atoms with van der Waals surface area (Å²) in [4.78, 5) is 48.5. The zero-order chi connectivity index (χ0) is 21.3. The van der Waals surface area contributed by atoms with Gasteiger partial charge in [0.25, 0.3) is 11.5 Å². The molecule has 0 bridgehead atoms. The number of carbonyl (C=O) groups is 3. The Morgan fingerprint density at radius 2 is 1.83 bits per heavy atom. The summed E-state index contributed by atoms with van der Waals surface area (Å²) in [5, 5.41) is 11.2. The third-order valence-electron chi connectivity index (χ3n) is 4.88. The van der Waals surface area contributed by atoms with Crippen LogP contribution in [-0.2, 0) is 23.9 Å². The molecule has 0 atom stereocenters. The van der Waals surface area contributed by atoms with Crippen LogP contribution in [0.1, 0.15) is 32.3 Å². The van der Waals surface area contributed by atoms with Crippen LogP contribution in [-0.4, -0.2) is 41.6 Å². The predicted octanol–water partition coefficient (Wildman–Crippen LogP) is 1.52. The van der Waals surface area contributed by atoms with Crippen LogP contribution in [0.15, 0.2) is 23.8 Å². The van der Waals surface area contributed by atoms with E-state index < -0.39 is 22.6 Å². The number of nitrogens with zero attached hydrogens (tertiary/aromatic N) is 2. The minimum Gasteiger partial charge on any atom is -0.419 e. The molecule has 2 saturated heterocycles. The highest BCUT2D eigenvalue weighted by molar-refractivity contribution is 6.19. The van der Waals surface area contributed by atoms with E-state index in [0.717, 1.165) is 0 Å². The van der Waals surface area contributed by atoms with Crippen LogP contribution in [0.5, 0.6) is 0 Å². The molecule has 0 saturated carbocycles. The largest absolute Gasteiger partial charge is 0.419 e. The van der Waals surface area contributed by atoms with Gasteiger partial charge in [0.15, 0.2) is 0 Å². The lowest BCUT2D eigenvalue weighted by Gasteiger charge is -2.33. The summed E-state index contributed by atoms with van der Waals surface area (Å²) in [5.74, 6) is -3.69. The molecule has 2 aliphatic rings. The Morgan fingerprint density at radius 3 is 2.34 bits per heavy atom. The van der Waals surface area contributed by atoms with Crippen LogP contribution in [0.25, 0.3) is 6.08 Å². The fourth-order valence-electron chi connectivity index (χ4n) is 3.40. The van der Waals surface area contributed by atoms with Crippen LogP contribution in [0.4, 0.5) is 11.4 Å². The molecule has 2 fully saturated rings. The van der Waals surface area contributed by atoms with Crippen molar-refractivity contribution in [2.45, 2.75) is 32.5 Å². The van der Waals surface area contributed by atoms with Crippen molar-refractivity contribution in [2.75, 3.05) is 18.0 Å². The third-order valence-corrected chi connectivity index (χ3v) is 4.88. The lowest BCUT2D eigenvalue weighted by molar-refractivity contribution is -0.384. The van der Waals surface area contributed by atoms with Gasteiger partial charge in [0, 0.05) is 56.2 Å². The number of amides is 1. The van der Waals surface area contributed by atoms with E-state index in [1.54, 1.807) is 6.07 Å². The first kappa shape index (κ1) is 20.3. The van der Waals surface area contributed by atoms with Gasteiger partial charge >= 0.3 is 11.9 Å². The Balaban J connectivity index is 1.97. The van der Waals surface area contributed by atoms with Crippen molar-refractivity contribution < 1.29 is 28.8 Å². The Kier molecular flexibility index (Phi) is 5.27. The number of cyclic esters (lactones) is 2. The maximum absolute atomic E-state index is 12.3. The number of rotatable bonds is 4. The number of hydrogen-bond acceptors (Lipinski definition) is 8. The lowest BCUT2D eigenvalue weighted by atomic mass is 9.95. The number of benzene rings is 1. The summed E-state index contributed by atoms with van der Waals surface area (Å²) < 4.78 is 10.2. The summed E-state index contributed by atoms with van der Waals surface area (Å²) in [6.45, 7) is 3.87. The van der Waals surface area contributed by atoms with Gasteiger partial charge in [-0.1, -0.05) is 0 Å². The molecular formula is C19H21N3O7. The van der Waals surface area contributed by atoms with Crippen molar-refractivity contribution in [2.24, 2.45) is 11.7 Å². The first-order valence-corrected chi connectivity index (χ1v) is 9.08. The van der Waals surface area contributed by atoms with Gasteiger partial charge in [-0.25, -0.2) is 9.59 Å². The summed E-state index contributed by atoms with van der Waals surface area (Å²) in [5.41, 5.74) is 5.73. The van der Waals surface area contributed by atoms with Gasteiger partial charge < -0.3 is 20.1 Å². The molecule has 0 radical (unpaired) electrons. The summed E-state index contributed by atoms with van der Waals surface area (Å²) in [6.07, 6.45) is 2.32. The van der Waals surface area contributed by atoms with Gasteiger partial charge in [0.05, 0.1) is 4.92 Å². The number of primary amides is 1. The zero-order valence-electron chi connectivity index (χ0n) is 16.0. The van der Waals surface area contributed by atoms with E-state index in [-0.39, 0.29) is 23.1 Å². The molecule has 1 aromatic rings. The number of nitro groups is 1. The molecule has 2 aliphatic heterocycles. The van der Waals surface area contributed by atoms with Crippen LogP contribution < -0.4 is 10.6 Å². The highest BCUT2D eigenvalue weighted by Crippen LogP contribution is 2.32. The molecule has 10 heteroatoms. The summed E-state index contributed by atoms with van der Waals surface area (Å²) >= 11 is 0. The van der Waals surface area contributed by atoms with Gasteiger partial charge in [0.2, 0.25) is 5.91 Å². The molecule has 0 aliphatic carbocycles. The van der Waals surface area contributed by atoms with E-state index in [1.807, 2.05) is 4.90 Å². The van der Waals surface area contributed by atoms with E-state index in [2.05, 4.69) is 0 Å². The average Bonchev–Trinajstić information content (AvgIpc) is 2.64. The Bertz CT molecular complexity index is 892. The lowest BCUT2D eigenvalue weighted by Crippen LogP contribution is -2.41. The van der Waals surface area contributed by atoms with Crippen molar-refractivity contribution in [3.05, 3.63) is 39.4 Å². The highest BCUT2D eigenvalue weighted by atomic mass is 16.7. The molecule has 0 spiro atoms. The molecule has 10 nitrogen and oxygen atoms in total. The van der Waals surface area contributed by atoms with Crippen molar-refractivity contribution in [3.8, 4) is 0 Å². The number of hydrogen-bond donors (Lipinski definition) is 1. The number of piperidine rings is 1. The third kappa shape index (κ3) is 4.36. The normalized spacial score (nSPS) is 19.4. The molecule has 3 rings (SSSR count). The number of carbonyl (C=O) groups excluding carboxylic acids is 3. The maximum atomic E-state index is 12.3. The quantitative estimate of drug-likeness (QED) is 0.262. The van der Waals surface area contributed by atoms with Gasteiger partial charge in [-0.2, -0.15) is 0 Å². The number of nitrogens with two attached hydrogens (primary N) is 1. The van der Waals surface area contributed by atoms with E-state index in [9.17, 15) is 24.5 Å². The molecule has 0 aromatic heterocycles.